The Morgan fingerprint density at radius 3 is 2.61 bits per heavy atom. The zero-order valence-electron chi connectivity index (χ0n) is 12.1. The van der Waals surface area contributed by atoms with E-state index in [0.29, 0.717) is 5.75 Å². The molecule has 2 aromatic carbocycles. The Morgan fingerprint density at radius 1 is 1.17 bits per heavy atom. The highest BCUT2D eigenvalue weighted by Crippen LogP contribution is 2.29. The van der Waals surface area contributed by atoms with E-state index in [4.69, 9.17) is 4.74 Å². The number of methoxy groups -OCH3 is 1. The summed E-state index contributed by atoms with van der Waals surface area (Å²) >= 11 is 0. The van der Waals surface area contributed by atoms with Crippen LogP contribution in [0.1, 0.15) is 21.5 Å². The molecule has 2 aromatic rings. The van der Waals surface area contributed by atoms with Crippen molar-refractivity contribution in [2.24, 2.45) is 5.10 Å². The standard InChI is InChI=1S/C16H13F3N2O2/c1-23-14-8-3-2-7-13(14)15(22)21-20-10-11-5-4-6-12(9-11)16(17,18)19/h2-10H,1H3,(H,21,22). The Kier molecular flexibility index (Phi) is 5.00. The molecular formula is C16H13F3N2O2. The van der Waals surface area contributed by atoms with Crippen molar-refractivity contribution in [2.75, 3.05) is 7.11 Å². The smallest absolute Gasteiger partial charge is 0.416 e. The number of hydrogen-bond donors (Lipinski definition) is 1. The molecule has 1 N–H and O–H groups in total. The molecule has 0 atom stereocenters. The van der Waals surface area contributed by atoms with Gasteiger partial charge in [-0.15, -0.1) is 0 Å². The van der Waals surface area contributed by atoms with Crippen molar-refractivity contribution in [1.29, 1.82) is 0 Å². The number of para-hydroxylation sites is 1. The van der Waals surface area contributed by atoms with Crippen LogP contribution in [0.4, 0.5) is 13.2 Å². The maximum absolute atomic E-state index is 12.6. The molecule has 0 fully saturated rings. The minimum atomic E-state index is -4.43. The van der Waals surface area contributed by atoms with E-state index in [1.807, 2.05) is 0 Å². The molecule has 1 amide bonds. The monoisotopic (exact) mass is 322 g/mol. The summed E-state index contributed by atoms with van der Waals surface area (Å²) < 4.78 is 42.8. The fourth-order valence-electron chi connectivity index (χ4n) is 1.85. The summed E-state index contributed by atoms with van der Waals surface area (Å²) in [6.07, 6.45) is -3.28. The number of carbonyl (C=O) groups excluding carboxylic acids is 1. The normalized spacial score (nSPS) is 11.5. The average molecular weight is 322 g/mol. The fraction of sp³-hybridized carbons (Fsp3) is 0.125. The summed E-state index contributed by atoms with van der Waals surface area (Å²) in [4.78, 5) is 12.0. The van der Waals surface area contributed by atoms with Gasteiger partial charge in [-0.1, -0.05) is 24.3 Å². The summed E-state index contributed by atoms with van der Waals surface area (Å²) in [6, 6.07) is 11.2. The molecule has 0 aliphatic heterocycles. The number of alkyl halides is 3. The van der Waals surface area contributed by atoms with Crippen LogP contribution in [0, 0.1) is 0 Å². The van der Waals surface area contributed by atoms with E-state index in [1.54, 1.807) is 24.3 Å². The first-order chi connectivity index (χ1) is 10.9. The molecule has 2 rings (SSSR count). The first-order valence-electron chi connectivity index (χ1n) is 6.55. The molecular weight excluding hydrogens is 309 g/mol. The molecule has 0 bridgehead atoms. The van der Waals surface area contributed by atoms with Crippen LogP contribution in [-0.4, -0.2) is 19.2 Å². The first-order valence-corrected chi connectivity index (χ1v) is 6.55. The van der Waals surface area contributed by atoms with Gasteiger partial charge in [0.15, 0.2) is 0 Å². The number of rotatable bonds is 4. The maximum Gasteiger partial charge on any atom is 0.416 e. The molecule has 0 radical (unpaired) electrons. The highest BCUT2D eigenvalue weighted by Gasteiger charge is 2.30. The maximum atomic E-state index is 12.6. The van der Waals surface area contributed by atoms with Crippen LogP contribution in [-0.2, 0) is 6.18 Å². The third-order valence-corrected chi connectivity index (χ3v) is 2.95. The third-order valence-electron chi connectivity index (χ3n) is 2.95. The lowest BCUT2D eigenvalue weighted by molar-refractivity contribution is -0.137. The molecule has 0 heterocycles. The van der Waals surface area contributed by atoms with Crippen molar-refractivity contribution in [3.63, 3.8) is 0 Å². The van der Waals surface area contributed by atoms with Crippen LogP contribution < -0.4 is 10.2 Å². The summed E-state index contributed by atoms with van der Waals surface area (Å²) in [7, 11) is 1.43. The zero-order valence-corrected chi connectivity index (χ0v) is 12.1. The lowest BCUT2D eigenvalue weighted by atomic mass is 10.1. The first kappa shape index (κ1) is 16.5. The molecule has 0 saturated heterocycles. The molecule has 4 nitrogen and oxygen atoms in total. The Morgan fingerprint density at radius 2 is 1.91 bits per heavy atom. The number of nitrogens with one attached hydrogen (secondary N) is 1. The second-order valence-electron chi connectivity index (χ2n) is 4.52. The fourth-order valence-corrected chi connectivity index (χ4v) is 1.85. The summed E-state index contributed by atoms with van der Waals surface area (Å²) in [6.45, 7) is 0. The van der Waals surface area contributed by atoms with E-state index in [0.717, 1.165) is 18.3 Å². The van der Waals surface area contributed by atoms with Crippen molar-refractivity contribution in [1.82, 2.24) is 5.43 Å². The highest BCUT2D eigenvalue weighted by atomic mass is 19.4. The highest BCUT2D eigenvalue weighted by molar-refractivity contribution is 5.97. The predicted octanol–water partition coefficient (Wildman–Crippen LogP) is 3.48. The van der Waals surface area contributed by atoms with Gasteiger partial charge >= 0.3 is 6.18 Å². The molecule has 0 spiro atoms. The van der Waals surface area contributed by atoms with Gasteiger partial charge in [0.05, 0.1) is 24.5 Å². The van der Waals surface area contributed by atoms with E-state index in [9.17, 15) is 18.0 Å². The Bertz CT molecular complexity index is 727. The van der Waals surface area contributed by atoms with Gasteiger partial charge < -0.3 is 4.74 Å². The molecule has 0 saturated carbocycles. The number of nitrogens with zero attached hydrogens (tertiary/aromatic N) is 1. The topological polar surface area (TPSA) is 50.7 Å². The Labute approximate surface area is 130 Å². The molecule has 0 aliphatic carbocycles. The van der Waals surface area contributed by atoms with Gasteiger partial charge in [0.2, 0.25) is 0 Å². The van der Waals surface area contributed by atoms with Gasteiger partial charge in [-0.25, -0.2) is 5.43 Å². The van der Waals surface area contributed by atoms with Gasteiger partial charge in [-0.3, -0.25) is 4.79 Å². The third kappa shape index (κ3) is 4.32. The van der Waals surface area contributed by atoms with Crippen LogP contribution in [0.25, 0.3) is 0 Å². The Balaban J connectivity index is 2.09. The van der Waals surface area contributed by atoms with Gasteiger partial charge in [0.25, 0.3) is 5.91 Å². The van der Waals surface area contributed by atoms with Crippen molar-refractivity contribution < 1.29 is 22.7 Å². The summed E-state index contributed by atoms with van der Waals surface area (Å²) in [5.74, 6) is -0.148. The van der Waals surface area contributed by atoms with E-state index in [-0.39, 0.29) is 11.1 Å². The average Bonchev–Trinajstić information content (AvgIpc) is 2.54. The second kappa shape index (κ2) is 6.95. The lowest BCUT2D eigenvalue weighted by Crippen LogP contribution is -2.18. The number of amides is 1. The number of hydrogen-bond acceptors (Lipinski definition) is 3. The number of halogens is 3. The zero-order chi connectivity index (χ0) is 16.9. The van der Waals surface area contributed by atoms with Crippen LogP contribution in [0.2, 0.25) is 0 Å². The number of ether oxygens (including phenoxy) is 1. The van der Waals surface area contributed by atoms with Gasteiger partial charge in [-0.2, -0.15) is 18.3 Å². The summed E-state index contributed by atoms with van der Waals surface area (Å²) in [5.41, 5.74) is 1.97. The second-order valence-corrected chi connectivity index (χ2v) is 4.52. The number of hydrazone groups is 1. The van der Waals surface area contributed by atoms with Gasteiger partial charge in [0, 0.05) is 0 Å². The lowest BCUT2D eigenvalue weighted by Gasteiger charge is -2.07. The predicted molar refractivity (Wildman–Crippen MR) is 79.5 cm³/mol. The van der Waals surface area contributed by atoms with E-state index < -0.39 is 17.6 Å². The van der Waals surface area contributed by atoms with E-state index >= 15 is 0 Å². The van der Waals surface area contributed by atoms with Crippen LogP contribution in [0.15, 0.2) is 53.6 Å². The van der Waals surface area contributed by atoms with Crippen molar-refractivity contribution in [3.8, 4) is 5.75 Å². The number of benzene rings is 2. The van der Waals surface area contributed by atoms with Gasteiger partial charge in [0.1, 0.15) is 5.75 Å². The molecule has 0 aliphatic rings. The van der Waals surface area contributed by atoms with Crippen molar-refractivity contribution in [3.05, 3.63) is 65.2 Å². The summed E-state index contributed by atoms with van der Waals surface area (Å²) in [5, 5.41) is 3.67. The molecule has 120 valence electrons. The molecule has 0 aromatic heterocycles. The van der Waals surface area contributed by atoms with Crippen molar-refractivity contribution in [2.45, 2.75) is 6.18 Å². The molecule has 23 heavy (non-hydrogen) atoms. The Hall–Kier alpha value is -2.83. The largest absolute Gasteiger partial charge is 0.496 e. The minimum absolute atomic E-state index is 0.222. The molecule has 0 unspecified atom stereocenters. The minimum Gasteiger partial charge on any atom is -0.496 e. The van der Waals surface area contributed by atoms with Crippen molar-refractivity contribution >= 4 is 12.1 Å². The van der Waals surface area contributed by atoms with E-state index in [1.165, 1.54) is 19.2 Å². The van der Waals surface area contributed by atoms with Crippen LogP contribution in [0.5, 0.6) is 5.75 Å². The van der Waals surface area contributed by atoms with Crippen LogP contribution >= 0.6 is 0 Å². The van der Waals surface area contributed by atoms with Gasteiger partial charge in [-0.05, 0) is 29.8 Å². The van der Waals surface area contributed by atoms with E-state index in [2.05, 4.69) is 10.5 Å². The van der Waals surface area contributed by atoms with Crippen LogP contribution in [0.3, 0.4) is 0 Å². The number of carbonyl (C=O) groups is 1. The quantitative estimate of drug-likeness (QED) is 0.692. The SMILES string of the molecule is COc1ccccc1C(=O)NN=Cc1cccc(C(F)(F)F)c1. The molecule has 7 heteroatoms.